The fourth-order valence-corrected chi connectivity index (χ4v) is 3.93. The quantitative estimate of drug-likeness (QED) is 0.747. The van der Waals surface area contributed by atoms with Crippen molar-refractivity contribution in [2.45, 2.75) is 12.6 Å². The fourth-order valence-electron chi connectivity index (χ4n) is 3.93. The van der Waals surface area contributed by atoms with Crippen molar-refractivity contribution in [3.8, 4) is 5.75 Å². The number of rotatable bonds is 5. The van der Waals surface area contributed by atoms with Gasteiger partial charge in [-0.3, -0.25) is 19.4 Å². The predicted octanol–water partition coefficient (Wildman–Crippen LogP) is 0.747. The second kappa shape index (κ2) is 7.65. The van der Waals surface area contributed by atoms with E-state index in [0.717, 1.165) is 6.07 Å². The molecule has 0 bridgehead atoms. The molecule has 164 valence electrons. The average Bonchev–Trinajstić information content (AvgIpc) is 3.08. The largest absolute Gasteiger partial charge is 0.491 e. The highest BCUT2D eigenvalue weighted by Gasteiger charge is 2.43. The Morgan fingerprint density at radius 3 is 2.65 bits per heavy atom. The van der Waals surface area contributed by atoms with E-state index in [1.54, 1.807) is 12.1 Å². The molecule has 2 aliphatic heterocycles. The van der Waals surface area contributed by atoms with Gasteiger partial charge in [-0.2, -0.15) is 0 Å². The first-order chi connectivity index (χ1) is 14.8. The molecule has 0 saturated heterocycles. The molecule has 31 heavy (non-hydrogen) atoms. The highest BCUT2D eigenvalue weighted by molar-refractivity contribution is 6.00. The first-order valence-corrected chi connectivity index (χ1v) is 9.41. The first kappa shape index (κ1) is 20.8. The molecule has 0 fully saturated rings. The Labute approximate surface area is 175 Å². The number of nitrogens with zero attached hydrogens (tertiary/aromatic N) is 3. The summed E-state index contributed by atoms with van der Waals surface area (Å²) in [6.45, 7) is 0.268. The van der Waals surface area contributed by atoms with Crippen molar-refractivity contribution in [3.05, 3.63) is 62.6 Å². The van der Waals surface area contributed by atoms with Crippen LogP contribution < -0.4 is 20.5 Å². The zero-order valence-corrected chi connectivity index (χ0v) is 17.1. The molecule has 0 saturated carbocycles. The van der Waals surface area contributed by atoms with Gasteiger partial charge in [0.25, 0.3) is 11.8 Å². The maximum Gasteiger partial charge on any atom is 0.277 e. The molecule has 2 aromatic rings. The van der Waals surface area contributed by atoms with Gasteiger partial charge in [-0.25, -0.2) is 13.5 Å². The van der Waals surface area contributed by atoms with Gasteiger partial charge in [0.1, 0.15) is 30.0 Å². The number of amides is 2. The monoisotopic (exact) mass is 434 g/mol. The molecule has 11 heteroatoms. The molecule has 3 heterocycles. The standard InChI is InChI=1S/C20H20F2N4O5/c1-24-9-25-8-13(30-2)15-14(17(27)18(31-3)16(20(24)29)26(15)25)19(28)23-7-10-4-5-11(21)6-12(10)22/h4-6,13H,7-9H2,1-3H3,(H,23,28). The van der Waals surface area contributed by atoms with Gasteiger partial charge in [-0.15, -0.1) is 0 Å². The van der Waals surface area contributed by atoms with Crippen molar-refractivity contribution >= 4 is 11.8 Å². The van der Waals surface area contributed by atoms with Crippen LogP contribution in [-0.2, 0) is 11.3 Å². The molecule has 4 rings (SSSR count). The van der Waals surface area contributed by atoms with E-state index >= 15 is 0 Å². The molecule has 0 aliphatic carbocycles. The van der Waals surface area contributed by atoms with E-state index in [0.29, 0.717) is 12.6 Å². The highest BCUT2D eigenvalue weighted by Crippen LogP contribution is 2.34. The van der Waals surface area contributed by atoms with Gasteiger partial charge in [0, 0.05) is 32.3 Å². The summed E-state index contributed by atoms with van der Waals surface area (Å²) >= 11 is 0. The van der Waals surface area contributed by atoms with Crippen LogP contribution in [0.1, 0.15) is 38.2 Å². The van der Waals surface area contributed by atoms with Crippen LogP contribution in [0, 0.1) is 11.6 Å². The van der Waals surface area contributed by atoms with Gasteiger partial charge in [0.05, 0.1) is 19.3 Å². The summed E-state index contributed by atoms with van der Waals surface area (Å²) in [5.74, 6) is -3.04. The van der Waals surface area contributed by atoms with Crippen molar-refractivity contribution in [1.82, 2.24) is 14.9 Å². The smallest absolute Gasteiger partial charge is 0.277 e. The summed E-state index contributed by atoms with van der Waals surface area (Å²) in [6, 6.07) is 2.99. The van der Waals surface area contributed by atoms with E-state index in [1.165, 1.54) is 29.9 Å². The number of carbonyl (C=O) groups excluding carboxylic acids is 2. The zero-order chi connectivity index (χ0) is 22.4. The van der Waals surface area contributed by atoms with E-state index in [1.807, 2.05) is 0 Å². The Bertz CT molecular complexity index is 1150. The van der Waals surface area contributed by atoms with Crippen LogP contribution in [0.25, 0.3) is 0 Å². The van der Waals surface area contributed by atoms with E-state index in [4.69, 9.17) is 9.47 Å². The Kier molecular flexibility index (Phi) is 5.13. The number of carbonyl (C=O) groups is 2. The minimum Gasteiger partial charge on any atom is -0.491 e. The van der Waals surface area contributed by atoms with Crippen molar-refractivity contribution in [2.24, 2.45) is 0 Å². The molecule has 1 aromatic heterocycles. The number of hydrogen-bond acceptors (Lipinski definition) is 6. The number of benzene rings is 1. The third-order valence-corrected chi connectivity index (χ3v) is 5.40. The summed E-state index contributed by atoms with van der Waals surface area (Å²) in [5, 5.41) is 4.26. The van der Waals surface area contributed by atoms with Crippen LogP contribution in [0.2, 0.25) is 0 Å². The van der Waals surface area contributed by atoms with E-state index in [9.17, 15) is 23.2 Å². The Hall–Kier alpha value is -3.47. The van der Waals surface area contributed by atoms with Crippen molar-refractivity contribution in [1.29, 1.82) is 0 Å². The lowest BCUT2D eigenvalue weighted by Crippen LogP contribution is -2.51. The number of ether oxygens (including phenoxy) is 2. The number of nitrogens with one attached hydrogen (secondary N) is 1. The normalized spacial score (nSPS) is 17.1. The summed E-state index contributed by atoms with van der Waals surface area (Å²) in [4.78, 5) is 40.4. The van der Waals surface area contributed by atoms with Gasteiger partial charge in [-0.1, -0.05) is 6.07 Å². The molecule has 0 radical (unpaired) electrons. The summed E-state index contributed by atoms with van der Waals surface area (Å²) < 4.78 is 39.2. The molecule has 2 amide bonds. The Morgan fingerprint density at radius 2 is 2.00 bits per heavy atom. The van der Waals surface area contributed by atoms with E-state index in [2.05, 4.69) is 5.32 Å². The predicted molar refractivity (Wildman–Crippen MR) is 105 cm³/mol. The number of hydrogen-bond donors (Lipinski definition) is 1. The highest BCUT2D eigenvalue weighted by atomic mass is 19.1. The van der Waals surface area contributed by atoms with Crippen molar-refractivity contribution in [2.75, 3.05) is 39.5 Å². The molecule has 0 spiro atoms. The lowest BCUT2D eigenvalue weighted by molar-refractivity contribution is 0.0733. The molecule has 2 aliphatic rings. The van der Waals surface area contributed by atoms with Gasteiger partial charge in [-0.05, 0) is 6.07 Å². The first-order valence-electron chi connectivity index (χ1n) is 9.41. The number of halogens is 2. The maximum atomic E-state index is 13.9. The molecule has 1 N–H and O–H groups in total. The molecule has 1 atom stereocenters. The number of aromatic nitrogens is 1. The van der Waals surface area contributed by atoms with E-state index in [-0.39, 0.29) is 41.5 Å². The van der Waals surface area contributed by atoms with Gasteiger partial charge < -0.3 is 19.7 Å². The Morgan fingerprint density at radius 1 is 1.26 bits per heavy atom. The third-order valence-electron chi connectivity index (χ3n) is 5.40. The lowest BCUT2D eigenvalue weighted by Gasteiger charge is -2.35. The minimum atomic E-state index is -0.820. The Balaban J connectivity index is 1.81. The van der Waals surface area contributed by atoms with E-state index < -0.39 is 35.0 Å². The summed E-state index contributed by atoms with van der Waals surface area (Å²) in [7, 11) is 4.27. The molecular weight excluding hydrogens is 414 g/mol. The number of methoxy groups -OCH3 is 2. The fraction of sp³-hybridized carbons (Fsp3) is 0.350. The van der Waals surface area contributed by atoms with Crippen LogP contribution in [-0.4, -0.2) is 55.9 Å². The zero-order valence-electron chi connectivity index (χ0n) is 17.1. The topological polar surface area (TPSA) is 93.1 Å². The third kappa shape index (κ3) is 3.21. The van der Waals surface area contributed by atoms with Crippen LogP contribution in [0.4, 0.5) is 8.78 Å². The van der Waals surface area contributed by atoms with Crippen molar-refractivity contribution < 1.29 is 27.8 Å². The van der Waals surface area contributed by atoms with Crippen LogP contribution in [0.15, 0.2) is 23.0 Å². The van der Waals surface area contributed by atoms with Crippen LogP contribution in [0.3, 0.4) is 0 Å². The number of pyridine rings is 1. The SMILES string of the molecule is COc1c2n3c(c(C(=O)NCc4ccc(F)cc4F)c1=O)C(OC)CN3CN(C)C2=O. The van der Waals surface area contributed by atoms with Gasteiger partial charge in [0.15, 0.2) is 11.4 Å². The molecule has 1 aromatic carbocycles. The van der Waals surface area contributed by atoms with Crippen LogP contribution >= 0.6 is 0 Å². The molecule has 1 unspecified atom stereocenters. The lowest BCUT2D eigenvalue weighted by atomic mass is 10.1. The molecule has 9 nitrogen and oxygen atoms in total. The molecular formula is C20H20F2N4O5. The summed E-state index contributed by atoms with van der Waals surface area (Å²) in [6.07, 6.45) is -0.653. The van der Waals surface area contributed by atoms with Gasteiger partial charge in [0.2, 0.25) is 5.43 Å². The van der Waals surface area contributed by atoms with Gasteiger partial charge >= 0.3 is 0 Å². The summed E-state index contributed by atoms with van der Waals surface area (Å²) in [5.41, 5.74) is -0.736. The average molecular weight is 434 g/mol. The van der Waals surface area contributed by atoms with Crippen LogP contribution in [0.5, 0.6) is 5.75 Å². The second-order valence-corrected chi connectivity index (χ2v) is 7.26. The second-order valence-electron chi connectivity index (χ2n) is 7.26. The van der Waals surface area contributed by atoms with Crippen molar-refractivity contribution in [3.63, 3.8) is 0 Å². The minimum absolute atomic E-state index is 0.0110. The maximum absolute atomic E-state index is 13.9.